The fourth-order valence-corrected chi connectivity index (χ4v) is 3.49. The third-order valence-corrected chi connectivity index (χ3v) is 5.38. The summed E-state index contributed by atoms with van der Waals surface area (Å²) in [6, 6.07) is 7.86. The topological polar surface area (TPSA) is 63.2 Å². The van der Waals surface area contributed by atoms with Gasteiger partial charge >= 0.3 is 0 Å². The molecule has 1 heterocycles. The Bertz CT molecular complexity index is 667. The van der Waals surface area contributed by atoms with Gasteiger partial charge in [-0.3, -0.25) is 9.79 Å². The van der Waals surface area contributed by atoms with Crippen LogP contribution in [0.4, 0.5) is 0 Å². The molecule has 1 saturated heterocycles. The molecule has 1 amide bonds. The molecule has 0 bridgehead atoms. The third-order valence-electron chi connectivity index (χ3n) is 5.38. The minimum absolute atomic E-state index is 0.0382. The van der Waals surface area contributed by atoms with Crippen molar-refractivity contribution in [3.05, 3.63) is 35.4 Å². The molecule has 1 aliphatic heterocycles. The molecule has 2 N–H and O–H groups in total. The Labute approximate surface area is 182 Å². The average Bonchev–Trinajstić information content (AvgIpc) is 2.74. The van der Waals surface area contributed by atoms with Gasteiger partial charge in [-0.1, -0.05) is 12.1 Å². The number of carbonyl (C=O) groups is 1. The third kappa shape index (κ3) is 8.71. The van der Waals surface area contributed by atoms with Crippen molar-refractivity contribution >= 4 is 11.9 Å². The van der Waals surface area contributed by atoms with E-state index in [0.717, 1.165) is 49.6 Å². The van der Waals surface area contributed by atoms with Gasteiger partial charge in [-0.2, -0.15) is 0 Å². The summed E-state index contributed by atoms with van der Waals surface area (Å²) in [6.07, 6.45) is 3.15. The normalized spacial score (nSPS) is 15.8. The maximum Gasteiger partial charge on any atom is 0.253 e. The van der Waals surface area contributed by atoms with Crippen LogP contribution in [0.15, 0.2) is 29.3 Å². The van der Waals surface area contributed by atoms with Gasteiger partial charge in [-0.15, -0.1) is 0 Å². The Morgan fingerprint density at radius 2 is 1.90 bits per heavy atom. The number of carbonyl (C=O) groups excluding carboxylic acids is 1. The fraction of sp³-hybridized carbons (Fsp3) is 0.652. The molecule has 1 fully saturated rings. The van der Waals surface area contributed by atoms with Crippen molar-refractivity contribution in [2.24, 2.45) is 4.99 Å². The Hall–Kier alpha value is -2.12. The Morgan fingerprint density at radius 1 is 1.13 bits per heavy atom. The van der Waals surface area contributed by atoms with Crippen LogP contribution in [0.3, 0.4) is 0 Å². The van der Waals surface area contributed by atoms with Gasteiger partial charge in [0.15, 0.2) is 5.96 Å². The van der Waals surface area contributed by atoms with Crippen LogP contribution in [0.25, 0.3) is 0 Å². The van der Waals surface area contributed by atoms with Gasteiger partial charge in [-0.05, 0) is 57.5 Å². The average molecular weight is 417 g/mol. The number of likely N-dealkylation sites (N-methyl/N-ethyl adjacent to an activating group) is 1. The number of guanidine groups is 1. The van der Waals surface area contributed by atoms with Crippen LogP contribution in [-0.2, 0) is 6.42 Å². The lowest BCUT2D eigenvalue weighted by atomic mass is 10.1. The van der Waals surface area contributed by atoms with E-state index >= 15 is 0 Å². The number of nitrogens with zero attached hydrogens (tertiary/aromatic N) is 4. The Morgan fingerprint density at radius 3 is 2.60 bits per heavy atom. The number of aliphatic imine (C=N–C) groups is 1. The first-order chi connectivity index (χ1) is 14.5. The van der Waals surface area contributed by atoms with Gasteiger partial charge in [0.2, 0.25) is 0 Å². The van der Waals surface area contributed by atoms with E-state index in [1.165, 1.54) is 39.1 Å². The standard InChI is InChI=1S/C23H40N6O/c1-5-24-23(25-12-6-7-14-29-17-15-28(4)16-18-29)26-13-11-20-9-8-10-21(19-20)22(30)27(2)3/h8-10,19H,5-7,11-18H2,1-4H3,(H2,24,25,26). The molecule has 0 aliphatic carbocycles. The van der Waals surface area contributed by atoms with Crippen LogP contribution in [-0.4, -0.2) is 100 Å². The smallest absolute Gasteiger partial charge is 0.253 e. The molecule has 0 aromatic heterocycles. The molecule has 0 saturated carbocycles. The highest BCUT2D eigenvalue weighted by molar-refractivity contribution is 5.94. The minimum atomic E-state index is 0.0382. The zero-order chi connectivity index (χ0) is 21.8. The van der Waals surface area contributed by atoms with Gasteiger partial charge in [-0.25, -0.2) is 0 Å². The van der Waals surface area contributed by atoms with E-state index in [9.17, 15) is 4.79 Å². The summed E-state index contributed by atoms with van der Waals surface area (Å²) in [6.45, 7) is 10.5. The number of piperazine rings is 1. The van der Waals surface area contributed by atoms with E-state index in [-0.39, 0.29) is 5.91 Å². The van der Waals surface area contributed by atoms with Crippen LogP contribution in [0, 0.1) is 0 Å². The Balaban J connectivity index is 1.70. The van der Waals surface area contributed by atoms with E-state index in [4.69, 9.17) is 4.99 Å². The number of hydrogen-bond donors (Lipinski definition) is 2. The summed E-state index contributed by atoms with van der Waals surface area (Å²) >= 11 is 0. The summed E-state index contributed by atoms with van der Waals surface area (Å²) in [4.78, 5) is 23.4. The lowest BCUT2D eigenvalue weighted by Gasteiger charge is -2.32. The zero-order valence-electron chi connectivity index (χ0n) is 19.3. The second-order valence-electron chi connectivity index (χ2n) is 8.19. The van der Waals surface area contributed by atoms with Gasteiger partial charge < -0.3 is 25.3 Å². The molecule has 30 heavy (non-hydrogen) atoms. The molecule has 1 aliphatic rings. The number of benzene rings is 1. The van der Waals surface area contributed by atoms with E-state index in [1.54, 1.807) is 19.0 Å². The maximum atomic E-state index is 12.1. The highest BCUT2D eigenvalue weighted by Gasteiger charge is 2.12. The summed E-state index contributed by atoms with van der Waals surface area (Å²) in [5, 5.41) is 6.73. The quantitative estimate of drug-likeness (QED) is 0.344. The van der Waals surface area contributed by atoms with Crippen molar-refractivity contribution in [2.75, 3.05) is 73.5 Å². The highest BCUT2D eigenvalue weighted by Crippen LogP contribution is 2.08. The lowest BCUT2D eigenvalue weighted by Crippen LogP contribution is -2.44. The van der Waals surface area contributed by atoms with E-state index in [1.807, 2.05) is 18.2 Å². The van der Waals surface area contributed by atoms with E-state index in [2.05, 4.69) is 40.5 Å². The summed E-state index contributed by atoms with van der Waals surface area (Å²) in [5.41, 5.74) is 1.89. The summed E-state index contributed by atoms with van der Waals surface area (Å²) in [7, 11) is 5.75. The van der Waals surface area contributed by atoms with E-state index in [0.29, 0.717) is 0 Å². The fourth-order valence-electron chi connectivity index (χ4n) is 3.49. The predicted octanol–water partition coefficient (Wildman–Crippen LogP) is 1.51. The molecule has 0 spiro atoms. The molecule has 1 aromatic rings. The van der Waals surface area contributed by atoms with Crippen molar-refractivity contribution in [3.8, 4) is 0 Å². The second-order valence-corrected chi connectivity index (χ2v) is 8.19. The van der Waals surface area contributed by atoms with Crippen molar-refractivity contribution in [2.45, 2.75) is 26.2 Å². The first kappa shape index (κ1) is 24.2. The van der Waals surface area contributed by atoms with Crippen LogP contribution in [0.1, 0.15) is 35.7 Å². The number of amides is 1. The van der Waals surface area contributed by atoms with Crippen molar-refractivity contribution in [3.63, 3.8) is 0 Å². The SMILES string of the molecule is CCNC(=NCCCCN1CCN(C)CC1)NCCc1cccc(C(=O)N(C)C)c1. The summed E-state index contributed by atoms with van der Waals surface area (Å²) in [5.74, 6) is 0.911. The van der Waals surface area contributed by atoms with Crippen LogP contribution in [0.2, 0.25) is 0 Å². The molecule has 7 heteroatoms. The highest BCUT2D eigenvalue weighted by atomic mass is 16.2. The number of rotatable bonds is 10. The van der Waals surface area contributed by atoms with Gasteiger partial charge in [0.05, 0.1) is 0 Å². The van der Waals surface area contributed by atoms with Gasteiger partial charge in [0.25, 0.3) is 5.91 Å². The van der Waals surface area contributed by atoms with Crippen LogP contribution in [0.5, 0.6) is 0 Å². The molecule has 0 unspecified atom stereocenters. The molecule has 1 aromatic carbocycles. The second kappa shape index (κ2) is 13.2. The molecular formula is C23H40N6O. The first-order valence-electron chi connectivity index (χ1n) is 11.2. The molecular weight excluding hydrogens is 376 g/mol. The van der Waals surface area contributed by atoms with Crippen LogP contribution >= 0.6 is 0 Å². The van der Waals surface area contributed by atoms with Crippen molar-refractivity contribution < 1.29 is 4.79 Å². The lowest BCUT2D eigenvalue weighted by molar-refractivity contribution is 0.0827. The number of nitrogens with one attached hydrogen (secondary N) is 2. The first-order valence-corrected chi connectivity index (χ1v) is 11.2. The molecule has 0 radical (unpaired) electrons. The number of hydrogen-bond acceptors (Lipinski definition) is 4. The van der Waals surface area contributed by atoms with Crippen molar-refractivity contribution in [1.82, 2.24) is 25.3 Å². The predicted molar refractivity (Wildman–Crippen MR) is 125 cm³/mol. The maximum absolute atomic E-state index is 12.1. The minimum Gasteiger partial charge on any atom is -0.357 e. The van der Waals surface area contributed by atoms with Gasteiger partial charge in [0.1, 0.15) is 0 Å². The molecule has 2 rings (SSSR count). The Kier molecular flexibility index (Phi) is 10.7. The molecule has 0 atom stereocenters. The molecule has 168 valence electrons. The van der Waals surface area contributed by atoms with Crippen molar-refractivity contribution in [1.29, 1.82) is 0 Å². The molecule has 7 nitrogen and oxygen atoms in total. The van der Waals surface area contributed by atoms with Gasteiger partial charge in [0, 0.05) is 65.5 Å². The number of unbranched alkanes of at least 4 members (excludes halogenated alkanes) is 1. The zero-order valence-corrected chi connectivity index (χ0v) is 19.3. The monoisotopic (exact) mass is 416 g/mol. The van der Waals surface area contributed by atoms with E-state index < -0.39 is 0 Å². The summed E-state index contributed by atoms with van der Waals surface area (Å²) < 4.78 is 0. The van der Waals surface area contributed by atoms with Crippen LogP contribution < -0.4 is 10.6 Å². The largest absolute Gasteiger partial charge is 0.357 e.